The van der Waals surface area contributed by atoms with E-state index in [2.05, 4.69) is 24.2 Å². The maximum Gasteiger partial charge on any atom is 0.500 e. The van der Waals surface area contributed by atoms with Crippen molar-refractivity contribution in [3.8, 4) is 0 Å². The van der Waals surface area contributed by atoms with Crippen molar-refractivity contribution in [3.05, 3.63) is 12.3 Å². The van der Waals surface area contributed by atoms with Crippen molar-refractivity contribution >= 4 is 8.80 Å². The molecule has 5 heteroatoms. The molecule has 0 aromatic heterocycles. The molecular formula is C9H19NO3Si. The lowest BCUT2D eigenvalue weighted by atomic mass is 10.2. The predicted octanol–water partition coefficient (Wildman–Crippen LogP) is 0.940. The van der Waals surface area contributed by atoms with Gasteiger partial charge in [0.15, 0.2) is 0 Å². The van der Waals surface area contributed by atoms with Crippen molar-refractivity contribution in [3.63, 3.8) is 0 Å². The normalized spacial score (nSPS) is 22.0. The van der Waals surface area contributed by atoms with Gasteiger partial charge in [-0.25, -0.2) is 0 Å². The fraction of sp³-hybridized carbons (Fsp3) is 0.778. The summed E-state index contributed by atoms with van der Waals surface area (Å²) in [5, 5.41) is 0. The summed E-state index contributed by atoms with van der Waals surface area (Å²) in [6, 6.07) is 0.845. The highest BCUT2D eigenvalue weighted by atomic mass is 28.4. The molecule has 1 aliphatic heterocycles. The largest absolute Gasteiger partial charge is 0.500 e. The molecule has 0 saturated heterocycles. The van der Waals surface area contributed by atoms with Gasteiger partial charge in [-0.3, -0.25) is 0 Å². The van der Waals surface area contributed by atoms with Gasteiger partial charge in [0.2, 0.25) is 0 Å². The van der Waals surface area contributed by atoms with Crippen molar-refractivity contribution in [2.75, 3.05) is 34.9 Å². The van der Waals surface area contributed by atoms with E-state index in [-0.39, 0.29) is 0 Å². The van der Waals surface area contributed by atoms with Gasteiger partial charge in [0, 0.05) is 46.9 Å². The molecule has 0 aliphatic carbocycles. The lowest BCUT2D eigenvalue weighted by Crippen LogP contribution is -2.44. The number of hydrogen-bond acceptors (Lipinski definition) is 4. The highest BCUT2D eigenvalue weighted by molar-refractivity contribution is 6.60. The molecule has 0 bridgehead atoms. The maximum atomic E-state index is 5.38. The van der Waals surface area contributed by atoms with E-state index < -0.39 is 8.80 Å². The molecule has 0 amide bonds. The number of hydrogen-bond donors (Lipinski definition) is 0. The summed E-state index contributed by atoms with van der Waals surface area (Å²) in [7, 11) is 4.63. The standard InChI is InChI=1S/C9H19NO3Si/c1-10-6-5-9(7-10)8-14(11-2,12-3)13-4/h5-6,9H,7-8H2,1-4H3. The molecule has 1 aliphatic rings. The Bertz CT molecular complexity index is 198. The van der Waals surface area contributed by atoms with E-state index in [1.54, 1.807) is 21.3 Å². The summed E-state index contributed by atoms with van der Waals surface area (Å²) < 4.78 is 16.1. The summed E-state index contributed by atoms with van der Waals surface area (Å²) in [4.78, 5) is 2.16. The van der Waals surface area contributed by atoms with Gasteiger partial charge in [0.25, 0.3) is 0 Å². The second-order valence-electron chi connectivity index (χ2n) is 3.54. The summed E-state index contributed by atoms with van der Waals surface area (Å²) in [6.45, 7) is 1.02. The third-order valence-corrected chi connectivity index (χ3v) is 5.47. The summed E-state index contributed by atoms with van der Waals surface area (Å²) in [5.41, 5.74) is 0. The van der Waals surface area contributed by atoms with Crippen LogP contribution in [0.15, 0.2) is 12.3 Å². The van der Waals surface area contributed by atoms with Crippen molar-refractivity contribution in [2.45, 2.75) is 6.04 Å². The third kappa shape index (κ3) is 2.57. The SMILES string of the molecule is CO[Si](CC1C=CN(C)C1)(OC)OC. The van der Waals surface area contributed by atoms with Gasteiger partial charge in [-0.15, -0.1) is 0 Å². The quantitative estimate of drug-likeness (QED) is 0.641. The smallest absolute Gasteiger partial charge is 0.380 e. The average Bonchev–Trinajstić information content (AvgIpc) is 2.61. The molecule has 14 heavy (non-hydrogen) atoms. The van der Waals surface area contributed by atoms with Crippen LogP contribution in [0, 0.1) is 5.92 Å². The molecule has 0 saturated carbocycles. The molecule has 1 rings (SSSR count). The first-order chi connectivity index (χ1) is 6.65. The summed E-state index contributed by atoms with van der Waals surface area (Å²) >= 11 is 0. The van der Waals surface area contributed by atoms with Crippen molar-refractivity contribution in [1.29, 1.82) is 0 Å². The molecule has 0 spiro atoms. The molecule has 4 nitrogen and oxygen atoms in total. The van der Waals surface area contributed by atoms with Gasteiger partial charge in [-0.1, -0.05) is 6.08 Å². The van der Waals surface area contributed by atoms with Crippen molar-refractivity contribution < 1.29 is 13.3 Å². The Hall–Kier alpha value is -0.363. The van der Waals surface area contributed by atoms with Crippen molar-refractivity contribution in [1.82, 2.24) is 4.90 Å². The Kier molecular flexibility index (Phi) is 4.12. The van der Waals surface area contributed by atoms with Gasteiger partial charge in [0.1, 0.15) is 0 Å². The van der Waals surface area contributed by atoms with E-state index in [0.717, 1.165) is 12.6 Å². The van der Waals surface area contributed by atoms with E-state index in [1.807, 2.05) is 0 Å². The molecular weight excluding hydrogens is 198 g/mol. The van der Waals surface area contributed by atoms with Crippen LogP contribution in [-0.4, -0.2) is 48.6 Å². The fourth-order valence-electron chi connectivity index (χ4n) is 1.71. The molecule has 1 heterocycles. The average molecular weight is 217 g/mol. The van der Waals surface area contributed by atoms with Gasteiger partial charge in [-0.05, 0) is 6.20 Å². The molecule has 0 radical (unpaired) electrons. The topological polar surface area (TPSA) is 30.9 Å². The third-order valence-electron chi connectivity index (χ3n) is 2.58. The van der Waals surface area contributed by atoms with Crippen LogP contribution in [0.4, 0.5) is 0 Å². The van der Waals surface area contributed by atoms with Crippen LogP contribution in [0.3, 0.4) is 0 Å². The van der Waals surface area contributed by atoms with Gasteiger partial charge < -0.3 is 18.2 Å². The van der Waals surface area contributed by atoms with Crippen LogP contribution in [0.1, 0.15) is 0 Å². The second-order valence-corrected chi connectivity index (χ2v) is 6.54. The van der Waals surface area contributed by atoms with Crippen LogP contribution < -0.4 is 0 Å². The van der Waals surface area contributed by atoms with Crippen molar-refractivity contribution in [2.24, 2.45) is 5.92 Å². The van der Waals surface area contributed by atoms with Gasteiger partial charge >= 0.3 is 8.80 Å². The number of nitrogens with zero attached hydrogens (tertiary/aromatic N) is 1. The Morgan fingerprint density at radius 2 is 1.86 bits per heavy atom. The first-order valence-corrected chi connectivity index (χ1v) is 6.63. The first-order valence-electron chi connectivity index (χ1n) is 4.70. The Morgan fingerprint density at radius 1 is 1.29 bits per heavy atom. The molecule has 0 fully saturated rings. The Balaban J connectivity index is 2.52. The minimum atomic E-state index is -2.39. The van der Waals surface area contributed by atoms with Gasteiger partial charge in [0.05, 0.1) is 0 Å². The Morgan fingerprint density at radius 3 is 2.21 bits per heavy atom. The zero-order valence-corrected chi connectivity index (χ0v) is 10.3. The van der Waals surface area contributed by atoms with Crippen LogP contribution in [0.2, 0.25) is 6.04 Å². The maximum absolute atomic E-state index is 5.38. The highest BCUT2D eigenvalue weighted by Crippen LogP contribution is 2.24. The monoisotopic (exact) mass is 217 g/mol. The fourth-order valence-corrected chi connectivity index (χ4v) is 3.62. The molecule has 0 aromatic carbocycles. The first kappa shape index (κ1) is 11.7. The highest BCUT2D eigenvalue weighted by Gasteiger charge is 2.40. The lowest BCUT2D eigenvalue weighted by molar-refractivity contribution is 0.119. The zero-order valence-electron chi connectivity index (χ0n) is 9.32. The second kappa shape index (κ2) is 4.93. The molecule has 1 atom stereocenters. The van der Waals surface area contributed by atoms with E-state index >= 15 is 0 Å². The number of rotatable bonds is 5. The zero-order chi connectivity index (χ0) is 10.6. The van der Waals surface area contributed by atoms with E-state index in [1.165, 1.54) is 0 Å². The Labute approximate surface area is 86.8 Å². The molecule has 0 aromatic rings. The predicted molar refractivity (Wildman–Crippen MR) is 56.8 cm³/mol. The molecule has 82 valence electrons. The summed E-state index contributed by atoms with van der Waals surface area (Å²) in [5.74, 6) is 0.478. The summed E-state index contributed by atoms with van der Waals surface area (Å²) in [6.07, 6.45) is 4.27. The van der Waals surface area contributed by atoms with Gasteiger partial charge in [-0.2, -0.15) is 0 Å². The van der Waals surface area contributed by atoms with Crippen LogP contribution in [0.25, 0.3) is 0 Å². The van der Waals surface area contributed by atoms with Crippen LogP contribution in [0.5, 0.6) is 0 Å². The van der Waals surface area contributed by atoms with Crippen LogP contribution >= 0.6 is 0 Å². The minimum Gasteiger partial charge on any atom is -0.380 e. The van der Waals surface area contributed by atoms with E-state index in [9.17, 15) is 0 Å². The molecule has 0 N–H and O–H groups in total. The lowest BCUT2D eigenvalue weighted by Gasteiger charge is -2.26. The molecule has 1 unspecified atom stereocenters. The van der Waals surface area contributed by atoms with Crippen LogP contribution in [-0.2, 0) is 13.3 Å². The van der Waals surface area contributed by atoms with E-state index in [4.69, 9.17) is 13.3 Å². The minimum absolute atomic E-state index is 0.478. The van der Waals surface area contributed by atoms with E-state index in [0.29, 0.717) is 5.92 Å².